The molecule has 3 N–H and O–H groups in total. The van der Waals surface area contributed by atoms with E-state index in [0.29, 0.717) is 18.1 Å². The highest BCUT2D eigenvalue weighted by Crippen LogP contribution is 2.41. The highest BCUT2D eigenvalue weighted by molar-refractivity contribution is 5.77. The van der Waals surface area contributed by atoms with Crippen LogP contribution in [0.5, 0.6) is 0 Å². The number of fused-ring (bicyclic) bond motifs is 1. The minimum absolute atomic E-state index is 0.327. The van der Waals surface area contributed by atoms with Crippen LogP contribution in [0.1, 0.15) is 18.7 Å². The van der Waals surface area contributed by atoms with Crippen molar-refractivity contribution < 1.29 is 23.7 Å². The zero-order chi connectivity index (χ0) is 22.4. The van der Waals surface area contributed by atoms with Gasteiger partial charge in [-0.1, -0.05) is 12.1 Å². The molecule has 166 valence electrons. The number of nitrogens with zero attached hydrogens (tertiary/aromatic N) is 3. The molecular formula is C23H22F2N4O3. The first-order valence-electron chi connectivity index (χ1n) is 10.2. The average Bonchev–Trinajstić information content (AvgIpc) is 3.28. The zero-order valence-corrected chi connectivity index (χ0v) is 17.2. The summed E-state index contributed by atoms with van der Waals surface area (Å²) in [7, 11) is 0. The Kier molecular flexibility index (Phi) is 5.16. The summed E-state index contributed by atoms with van der Waals surface area (Å²) in [6.45, 7) is 2.10. The van der Waals surface area contributed by atoms with E-state index >= 15 is 0 Å². The topological polar surface area (TPSA) is 82.2 Å². The number of nitrogens with one attached hydrogen (secondary N) is 1. The molecule has 0 radical (unpaired) electrons. The van der Waals surface area contributed by atoms with Gasteiger partial charge in [-0.2, -0.15) is 0 Å². The van der Waals surface area contributed by atoms with Crippen molar-refractivity contribution in [2.75, 3.05) is 5.43 Å². The van der Waals surface area contributed by atoms with Gasteiger partial charge in [0, 0.05) is 17.3 Å². The number of aliphatic hydroxyl groups is 2. The first-order chi connectivity index (χ1) is 15.4. The first-order valence-corrected chi connectivity index (χ1v) is 10.2. The summed E-state index contributed by atoms with van der Waals surface area (Å²) < 4.78 is 34.2. The van der Waals surface area contributed by atoms with Crippen molar-refractivity contribution in [3.63, 3.8) is 0 Å². The fraction of sp³-hybridized carbons (Fsp3) is 0.261. The number of hydrogen-bond acceptors (Lipinski definition) is 6. The molecule has 0 amide bonds. The SMILES string of the molecule is C[C@H]1O[C@@H](n2cc(-c3ccc(F)cc3)c3c2N=CN(Nc2ccc(F)cc2)C3)[C@H](O)[C@@H]1O. The summed E-state index contributed by atoms with van der Waals surface area (Å²) in [6.07, 6.45) is -0.0828. The van der Waals surface area contributed by atoms with Gasteiger partial charge < -0.3 is 19.5 Å². The first kappa shape index (κ1) is 20.6. The molecule has 0 unspecified atom stereocenters. The molecule has 1 fully saturated rings. The van der Waals surface area contributed by atoms with Crippen molar-refractivity contribution in [1.82, 2.24) is 9.58 Å². The average molecular weight is 440 g/mol. The molecule has 3 aromatic rings. The zero-order valence-electron chi connectivity index (χ0n) is 17.2. The summed E-state index contributed by atoms with van der Waals surface area (Å²) in [5.41, 5.74) is 6.27. The largest absolute Gasteiger partial charge is 0.388 e. The standard InChI is InChI=1S/C23H22F2N4O3/c1-13-20(30)21(31)23(32-13)29-11-18(14-2-4-15(24)5-3-14)19-10-28(12-26-22(19)29)27-17-8-6-16(25)7-9-17/h2-9,11-13,20-21,23,27,30-31H,10H2,1H3/t13-,20-,21-,23-/m1/s1. The Balaban J connectivity index is 1.52. The Morgan fingerprint density at radius 1 is 1.00 bits per heavy atom. The number of hydrazine groups is 1. The monoisotopic (exact) mass is 440 g/mol. The minimum Gasteiger partial charge on any atom is -0.388 e. The fourth-order valence-electron chi connectivity index (χ4n) is 4.08. The van der Waals surface area contributed by atoms with Crippen molar-refractivity contribution in [1.29, 1.82) is 0 Å². The second kappa shape index (κ2) is 8.01. The second-order valence-electron chi connectivity index (χ2n) is 7.96. The van der Waals surface area contributed by atoms with Crippen LogP contribution >= 0.6 is 0 Å². The van der Waals surface area contributed by atoms with Crippen molar-refractivity contribution in [3.05, 3.63) is 71.9 Å². The van der Waals surface area contributed by atoms with Gasteiger partial charge in [0.25, 0.3) is 0 Å². The third-order valence-corrected chi connectivity index (χ3v) is 5.78. The number of aliphatic hydroxyl groups excluding tert-OH is 2. The van der Waals surface area contributed by atoms with Crippen LogP contribution in [0.25, 0.3) is 11.1 Å². The van der Waals surface area contributed by atoms with Crippen LogP contribution in [-0.2, 0) is 11.3 Å². The van der Waals surface area contributed by atoms with Crippen LogP contribution in [0.3, 0.4) is 0 Å². The number of ether oxygens (including phenoxy) is 1. The maximum Gasteiger partial charge on any atom is 0.164 e. The van der Waals surface area contributed by atoms with Gasteiger partial charge in [-0.3, -0.25) is 10.4 Å². The molecule has 32 heavy (non-hydrogen) atoms. The van der Waals surface area contributed by atoms with Gasteiger partial charge in [0.05, 0.1) is 18.3 Å². The fourth-order valence-corrected chi connectivity index (χ4v) is 4.08. The highest BCUT2D eigenvalue weighted by atomic mass is 19.1. The number of hydrogen-bond donors (Lipinski definition) is 3. The van der Waals surface area contributed by atoms with Gasteiger partial charge >= 0.3 is 0 Å². The molecule has 0 bridgehead atoms. The normalized spacial score (nSPS) is 24.6. The molecule has 1 saturated heterocycles. The number of halogens is 2. The quantitative estimate of drug-likeness (QED) is 0.578. The van der Waals surface area contributed by atoms with Gasteiger partial charge in [0.2, 0.25) is 0 Å². The molecule has 2 aliphatic rings. The Morgan fingerprint density at radius 2 is 1.66 bits per heavy atom. The lowest BCUT2D eigenvalue weighted by atomic mass is 10.0. The molecule has 2 aliphatic heterocycles. The van der Waals surface area contributed by atoms with Gasteiger partial charge in [-0.15, -0.1) is 0 Å². The maximum atomic E-state index is 13.5. The smallest absolute Gasteiger partial charge is 0.164 e. The molecule has 0 spiro atoms. The third kappa shape index (κ3) is 3.64. The van der Waals surface area contributed by atoms with E-state index in [9.17, 15) is 19.0 Å². The Hall–Kier alpha value is -3.27. The molecule has 4 atom stereocenters. The summed E-state index contributed by atoms with van der Waals surface area (Å²) >= 11 is 0. The summed E-state index contributed by atoms with van der Waals surface area (Å²) in [6, 6.07) is 12.1. The highest BCUT2D eigenvalue weighted by Gasteiger charge is 2.42. The van der Waals surface area contributed by atoms with E-state index in [4.69, 9.17) is 4.74 Å². The van der Waals surface area contributed by atoms with E-state index in [1.807, 2.05) is 0 Å². The van der Waals surface area contributed by atoms with Gasteiger partial charge in [0.1, 0.15) is 36.0 Å². The van der Waals surface area contributed by atoms with Crippen molar-refractivity contribution >= 4 is 17.8 Å². The summed E-state index contributed by atoms with van der Waals surface area (Å²) in [5.74, 6) is -0.0923. The number of aromatic nitrogens is 1. The molecule has 9 heteroatoms. The van der Waals surface area contributed by atoms with Crippen LogP contribution in [0, 0.1) is 11.6 Å². The molecule has 5 rings (SSSR count). The summed E-state index contributed by atoms with van der Waals surface area (Å²) in [5, 5.41) is 22.4. The minimum atomic E-state index is -1.12. The van der Waals surface area contributed by atoms with E-state index < -0.39 is 24.5 Å². The lowest BCUT2D eigenvalue weighted by Gasteiger charge is -2.26. The van der Waals surface area contributed by atoms with Crippen LogP contribution in [0.4, 0.5) is 20.3 Å². The molecular weight excluding hydrogens is 418 g/mol. The lowest BCUT2D eigenvalue weighted by molar-refractivity contribution is -0.0308. The number of aliphatic imine (C=N–C) groups is 1. The Labute approximate surface area is 183 Å². The Morgan fingerprint density at radius 3 is 2.28 bits per heavy atom. The van der Waals surface area contributed by atoms with Crippen molar-refractivity contribution in [2.45, 2.75) is 38.0 Å². The van der Waals surface area contributed by atoms with Crippen LogP contribution in [-0.4, -0.2) is 44.4 Å². The molecule has 3 heterocycles. The van der Waals surface area contributed by atoms with E-state index in [1.54, 1.807) is 53.3 Å². The molecule has 0 saturated carbocycles. The van der Waals surface area contributed by atoms with Gasteiger partial charge in [-0.05, 0) is 48.9 Å². The van der Waals surface area contributed by atoms with E-state index in [-0.39, 0.29) is 11.6 Å². The molecule has 1 aromatic heterocycles. The van der Waals surface area contributed by atoms with Gasteiger partial charge in [-0.25, -0.2) is 13.8 Å². The second-order valence-corrected chi connectivity index (χ2v) is 7.96. The predicted molar refractivity (Wildman–Crippen MR) is 115 cm³/mol. The predicted octanol–water partition coefficient (Wildman–Crippen LogP) is 3.57. The molecule has 2 aromatic carbocycles. The van der Waals surface area contributed by atoms with Gasteiger partial charge in [0.15, 0.2) is 6.23 Å². The van der Waals surface area contributed by atoms with Crippen LogP contribution < -0.4 is 5.43 Å². The van der Waals surface area contributed by atoms with Crippen molar-refractivity contribution in [2.24, 2.45) is 4.99 Å². The maximum absolute atomic E-state index is 13.5. The summed E-state index contributed by atoms with van der Waals surface area (Å²) in [4.78, 5) is 4.56. The van der Waals surface area contributed by atoms with E-state index in [2.05, 4.69) is 10.4 Å². The van der Waals surface area contributed by atoms with Crippen LogP contribution in [0.15, 0.2) is 59.7 Å². The molecule has 7 nitrogen and oxygen atoms in total. The Bertz CT molecular complexity index is 1150. The van der Waals surface area contributed by atoms with E-state index in [1.165, 1.54) is 24.3 Å². The number of anilines is 1. The number of benzene rings is 2. The third-order valence-electron chi connectivity index (χ3n) is 5.78. The van der Waals surface area contributed by atoms with Crippen LogP contribution in [0.2, 0.25) is 0 Å². The number of rotatable bonds is 4. The van der Waals surface area contributed by atoms with E-state index in [0.717, 1.165) is 16.7 Å². The lowest BCUT2D eigenvalue weighted by Crippen LogP contribution is -2.31. The molecule has 0 aliphatic carbocycles. The van der Waals surface area contributed by atoms with Crippen molar-refractivity contribution in [3.8, 4) is 11.1 Å².